The third-order valence-corrected chi connectivity index (χ3v) is 3.94. The number of aryl methyl sites for hydroxylation is 1. The molecule has 1 aromatic rings. The number of aromatic nitrogens is 1. The maximum atomic E-state index is 12.4. The van der Waals surface area contributed by atoms with Crippen molar-refractivity contribution in [3.63, 3.8) is 0 Å². The van der Waals surface area contributed by atoms with Crippen molar-refractivity contribution < 1.29 is 19.1 Å². The van der Waals surface area contributed by atoms with Gasteiger partial charge in [-0.05, 0) is 37.8 Å². The Morgan fingerprint density at radius 1 is 1.36 bits per heavy atom. The molecule has 6 nitrogen and oxygen atoms in total. The van der Waals surface area contributed by atoms with E-state index in [1.807, 2.05) is 0 Å². The fourth-order valence-electron chi connectivity index (χ4n) is 2.61. The van der Waals surface area contributed by atoms with Gasteiger partial charge in [-0.15, -0.1) is 0 Å². The Bertz CT molecular complexity index is 620. The van der Waals surface area contributed by atoms with Crippen molar-refractivity contribution in [2.75, 3.05) is 19.8 Å². The van der Waals surface area contributed by atoms with Gasteiger partial charge in [0.05, 0.1) is 11.8 Å². The largest absolute Gasteiger partial charge is 0.449 e. The number of nitrogens with zero attached hydrogens (tertiary/aromatic N) is 2. The highest BCUT2D eigenvalue weighted by atomic mass is 16.5. The zero-order valence-corrected chi connectivity index (χ0v) is 12.4. The Hall–Kier alpha value is -2.21. The molecule has 2 amide bonds. The monoisotopic (exact) mass is 302 g/mol. The van der Waals surface area contributed by atoms with Crippen LogP contribution in [0.1, 0.15) is 18.5 Å². The molecule has 0 radical (unpaired) electrons. The van der Waals surface area contributed by atoms with Crippen molar-refractivity contribution in [2.45, 2.75) is 19.8 Å². The molecule has 22 heavy (non-hydrogen) atoms. The van der Waals surface area contributed by atoms with Gasteiger partial charge in [0.25, 0.3) is 11.8 Å². The summed E-state index contributed by atoms with van der Waals surface area (Å²) in [4.78, 5) is 29.8. The molecule has 3 heterocycles. The van der Waals surface area contributed by atoms with Crippen LogP contribution in [0.25, 0.3) is 0 Å². The van der Waals surface area contributed by atoms with Crippen LogP contribution in [0.15, 0.2) is 30.2 Å². The molecule has 2 aliphatic heterocycles. The molecule has 0 saturated carbocycles. The molecule has 0 bridgehead atoms. The number of carbonyl (C=O) groups is 2. The van der Waals surface area contributed by atoms with E-state index in [0.717, 1.165) is 12.8 Å². The van der Waals surface area contributed by atoms with Crippen molar-refractivity contribution in [3.05, 3.63) is 35.9 Å². The molecule has 1 saturated heterocycles. The van der Waals surface area contributed by atoms with Crippen molar-refractivity contribution in [3.8, 4) is 5.75 Å². The maximum Gasteiger partial charge on any atom is 0.296 e. The van der Waals surface area contributed by atoms with Gasteiger partial charge in [-0.2, -0.15) is 0 Å². The lowest BCUT2D eigenvalue weighted by Crippen LogP contribution is -2.37. The quantitative estimate of drug-likeness (QED) is 0.787. The highest BCUT2D eigenvalue weighted by molar-refractivity contribution is 6.15. The van der Waals surface area contributed by atoms with Crippen LogP contribution in [-0.2, 0) is 14.3 Å². The summed E-state index contributed by atoms with van der Waals surface area (Å²) in [5.74, 6) is 0.165. The van der Waals surface area contributed by atoms with E-state index in [0.29, 0.717) is 37.1 Å². The molecular formula is C16H18N2O4. The summed E-state index contributed by atoms with van der Waals surface area (Å²) in [6.45, 7) is 3.59. The topological polar surface area (TPSA) is 68.7 Å². The first-order chi connectivity index (χ1) is 10.6. The number of imide groups is 1. The Morgan fingerprint density at radius 2 is 2.14 bits per heavy atom. The van der Waals surface area contributed by atoms with Crippen LogP contribution >= 0.6 is 0 Å². The predicted octanol–water partition coefficient (Wildman–Crippen LogP) is 1.45. The molecule has 2 aliphatic rings. The lowest BCUT2D eigenvalue weighted by atomic mass is 10.00. The summed E-state index contributed by atoms with van der Waals surface area (Å²) in [5.41, 5.74) is 0.673. The number of hydrogen-bond acceptors (Lipinski definition) is 5. The van der Waals surface area contributed by atoms with Gasteiger partial charge >= 0.3 is 0 Å². The summed E-state index contributed by atoms with van der Waals surface area (Å²) in [5, 5.41) is 0. The fraction of sp³-hybridized carbons (Fsp3) is 0.438. The summed E-state index contributed by atoms with van der Waals surface area (Å²) < 4.78 is 10.9. The van der Waals surface area contributed by atoms with Crippen molar-refractivity contribution in [2.24, 2.45) is 5.92 Å². The van der Waals surface area contributed by atoms with E-state index in [1.54, 1.807) is 25.3 Å². The Balaban J connectivity index is 1.67. The lowest BCUT2D eigenvalue weighted by molar-refractivity contribution is -0.139. The minimum absolute atomic E-state index is 0.0631. The number of pyridine rings is 1. The van der Waals surface area contributed by atoms with E-state index >= 15 is 0 Å². The minimum Gasteiger partial charge on any atom is -0.449 e. The van der Waals surface area contributed by atoms with Crippen molar-refractivity contribution in [1.29, 1.82) is 0 Å². The molecule has 3 rings (SSSR count). The van der Waals surface area contributed by atoms with Gasteiger partial charge in [0, 0.05) is 26.0 Å². The molecule has 0 spiro atoms. The van der Waals surface area contributed by atoms with E-state index in [1.165, 1.54) is 11.0 Å². The van der Waals surface area contributed by atoms with Crippen LogP contribution in [0.3, 0.4) is 0 Å². The zero-order valence-electron chi connectivity index (χ0n) is 12.4. The molecule has 0 aromatic carbocycles. The Kier molecular flexibility index (Phi) is 4.20. The van der Waals surface area contributed by atoms with Gasteiger partial charge < -0.3 is 9.47 Å². The van der Waals surface area contributed by atoms with Crippen molar-refractivity contribution in [1.82, 2.24) is 9.88 Å². The third kappa shape index (κ3) is 3.01. The van der Waals surface area contributed by atoms with E-state index in [2.05, 4.69) is 4.98 Å². The molecule has 1 fully saturated rings. The van der Waals surface area contributed by atoms with Gasteiger partial charge in [-0.25, -0.2) is 0 Å². The van der Waals surface area contributed by atoms with E-state index in [9.17, 15) is 9.59 Å². The third-order valence-electron chi connectivity index (χ3n) is 3.94. The Labute approximate surface area is 128 Å². The lowest BCUT2D eigenvalue weighted by Gasteiger charge is -2.25. The number of ether oxygens (including phenoxy) is 2. The van der Waals surface area contributed by atoms with Crippen LogP contribution < -0.4 is 4.74 Å². The smallest absolute Gasteiger partial charge is 0.296 e. The molecule has 0 N–H and O–H groups in total. The van der Waals surface area contributed by atoms with E-state index in [-0.39, 0.29) is 17.6 Å². The van der Waals surface area contributed by atoms with E-state index < -0.39 is 0 Å². The second-order valence-corrected chi connectivity index (χ2v) is 5.51. The first-order valence-electron chi connectivity index (χ1n) is 7.40. The van der Waals surface area contributed by atoms with Crippen LogP contribution in [0, 0.1) is 12.8 Å². The standard InChI is InChI=1S/C16H18N2O4/c1-11-13(3-2-6-17-11)22-14-9-15(19)18(16(14)20)10-12-4-7-21-8-5-12/h2-3,6,9,12H,4-5,7-8,10H2,1H3. The number of rotatable bonds is 4. The normalized spacial score (nSPS) is 19.5. The molecule has 0 atom stereocenters. The van der Waals surface area contributed by atoms with Crippen LogP contribution in [-0.4, -0.2) is 41.5 Å². The average molecular weight is 302 g/mol. The first-order valence-corrected chi connectivity index (χ1v) is 7.40. The SMILES string of the molecule is Cc1ncccc1OC1=CC(=O)N(CC2CCOCC2)C1=O. The van der Waals surface area contributed by atoms with Gasteiger partial charge in [-0.3, -0.25) is 19.5 Å². The van der Waals surface area contributed by atoms with E-state index in [4.69, 9.17) is 9.47 Å². The second-order valence-electron chi connectivity index (χ2n) is 5.51. The van der Waals surface area contributed by atoms with Gasteiger partial charge in [-0.1, -0.05) is 0 Å². The van der Waals surface area contributed by atoms with Gasteiger partial charge in [0.2, 0.25) is 0 Å². The zero-order chi connectivity index (χ0) is 15.5. The average Bonchev–Trinajstić information content (AvgIpc) is 2.78. The summed E-state index contributed by atoms with van der Waals surface area (Å²) in [6, 6.07) is 3.45. The number of amides is 2. The molecule has 6 heteroatoms. The maximum absolute atomic E-state index is 12.4. The molecular weight excluding hydrogens is 284 g/mol. The summed E-state index contributed by atoms with van der Waals surface area (Å²) >= 11 is 0. The molecule has 1 aromatic heterocycles. The van der Waals surface area contributed by atoms with Crippen LogP contribution in [0.5, 0.6) is 5.75 Å². The molecule has 0 aliphatic carbocycles. The highest BCUT2D eigenvalue weighted by Crippen LogP contribution is 2.24. The minimum atomic E-state index is -0.375. The van der Waals surface area contributed by atoms with Crippen LogP contribution in [0.2, 0.25) is 0 Å². The number of carbonyl (C=O) groups excluding carboxylic acids is 2. The summed E-state index contributed by atoms with van der Waals surface area (Å²) in [6.07, 6.45) is 4.65. The highest BCUT2D eigenvalue weighted by Gasteiger charge is 2.35. The fourth-order valence-corrected chi connectivity index (χ4v) is 2.61. The van der Waals surface area contributed by atoms with Gasteiger partial charge in [0.15, 0.2) is 5.76 Å². The number of hydrogen-bond donors (Lipinski definition) is 0. The first kappa shape index (κ1) is 14.7. The Morgan fingerprint density at radius 3 is 2.86 bits per heavy atom. The van der Waals surface area contributed by atoms with Gasteiger partial charge in [0.1, 0.15) is 5.75 Å². The van der Waals surface area contributed by atoms with Crippen molar-refractivity contribution >= 4 is 11.8 Å². The molecule has 116 valence electrons. The second kappa shape index (κ2) is 6.27. The summed E-state index contributed by atoms with van der Waals surface area (Å²) in [7, 11) is 0. The van der Waals surface area contributed by atoms with Crippen LogP contribution in [0.4, 0.5) is 0 Å². The molecule has 0 unspecified atom stereocenters. The predicted molar refractivity (Wildman–Crippen MR) is 77.9 cm³/mol.